The van der Waals surface area contributed by atoms with Crippen LogP contribution in [0.5, 0.6) is 0 Å². The maximum Gasteiger partial charge on any atom is 0.451 e. The minimum atomic E-state index is -1.34. The van der Waals surface area contributed by atoms with Crippen LogP contribution in [-0.2, 0) is 4.79 Å². The van der Waals surface area contributed by atoms with E-state index >= 15 is 0 Å². The fraction of sp³-hybridized carbons (Fsp3) is 0.667. The highest BCUT2D eigenvalue weighted by Gasteiger charge is 2.47. The third kappa shape index (κ3) is 5.73. The maximum atomic E-state index is 12.0. The zero-order valence-corrected chi connectivity index (χ0v) is 17.6. The number of benzene rings is 1. The molecule has 6 nitrogen and oxygen atoms in total. The van der Waals surface area contributed by atoms with Crippen molar-refractivity contribution in [3.8, 4) is 0 Å². The van der Waals surface area contributed by atoms with Gasteiger partial charge in [0.2, 0.25) is 0 Å². The van der Waals surface area contributed by atoms with Gasteiger partial charge in [-0.2, -0.15) is 0 Å². The van der Waals surface area contributed by atoms with Crippen LogP contribution in [0.15, 0.2) is 24.3 Å². The third-order valence-electron chi connectivity index (χ3n) is 6.92. The molecule has 1 aromatic carbocycles. The van der Waals surface area contributed by atoms with E-state index < -0.39 is 18.6 Å². The molecule has 1 aliphatic heterocycles. The van der Waals surface area contributed by atoms with E-state index in [0.717, 1.165) is 43.8 Å². The quantitative estimate of drug-likeness (QED) is 0.503. The molecule has 1 saturated carbocycles. The summed E-state index contributed by atoms with van der Waals surface area (Å²) in [6.07, 6.45) is 5.04. The van der Waals surface area contributed by atoms with Gasteiger partial charge in [0.05, 0.1) is 0 Å². The molecule has 0 radical (unpaired) electrons. The lowest BCUT2D eigenvalue weighted by Gasteiger charge is -2.44. The molecule has 160 valence electrons. The van der Waals surface area contributed by atoms with Crippen molar-refractivity contribution in [1.29, 1.82) is 0 Å². The summed E-state index contributed by atoms with van der Waals surface area (Å²) in [7, 11) is -1.34. The van der Waals surface area contributed by atoms with E-state index in [4.69, 9.17) is 27.4 Å². The molecule has 8 heteroatoms. The van der Waals surface area contributed by atoms with Gasteiger partial charge < -0.3 is 25.8 Å². The zero-order valence-electron chi connectivity index (χ0n) is 16.8. The summed E-state index contributed by atoms with van der Waals surface area (Å²) in [6.45, 7) is 2.60. The highest BCUT2D eigenvalue weighted by Crippen LogP contribution is 2.39. The number of nitrogens with zero attached hydrogens (tertiary/aromatic N) is 1. The number of hydrogen-bond acceptors (Lipinski definition) is 5. The van der Waals surface area contributed by atoms with Gasteiger partial charge in [-0.25, -0.2) is 0 Å². The predicted octanol–water partition coefficient (Wildman–Crippen LogP) is 2.58. The van der Waals surface area contributed by atoms with Crippen LogP contribution in [0.25, 0.3) is 0 Å². The van der Waals surface area contributed by atoms with Gasteiger partial charge in [-0.3, -0.25) is 4.79 Å². The van der Waals surface area contributed by atoms with E-state index in [0.29, 0.717) is 25.3 Å². The summed E-state index contributed by atoms with van der Waals surface area (Å²) < 4.78 is 0. The molecule has 3 atom stereocenters. The summed E-state index contributed by atoms with van der Waals surface area (Å²) in [5, 5.41) is 28.8. The Morgan fingerprint density at radius 3 is 2.41 bits per heavy atom. The summed E-state index contributed by atoms with van der Waals surface area (Å²) in [5.74, 6) is -0.369. The Labute approximate surface area is 178 Å². The Morgan fingerprint density at radius 1 is 1.17 bits per heavy atom. The van der Waals surface area contributed by atoms with Gasteiger partial charge in [0.25, 0.3) is 0 Å². The van der Waals surface area contributed by atoms with Crippen LogP contribution in [0.4, 0.5) is 0 Å². The van der Waals surface area contributed by atoms with Gasteiger partial charge in [0.1, 0.15) is 5.54 Å². The van der Waals surface area contributed by atoms with Gasteiger partial charge in [0.15, 0.2) is 0 Å². The molecule has 2 aliphatic rings. The Balaban J connectivity index is 1.55. The first-order valence-corrected chi connectivity index (χ1v) is 11.0. The van der Waals surface area contributed by atoms with Crippen molar-refractivity contribution in [1.82, 2.24) is 4.90 Å². The number of carbonyl (C=O) groups is 1. The summed E-state index contributed by atoms with van der Waals surface area (Å²) >= 11 is 5.99. The van der Waals surface area contributed by atoms with E-state index in [1.165, 1.54) is 5.56 Å². The van der Waals surface area contributed by atoms with E-state index in [1.807, 2.05) is 12.1 Å². The van der Waals surface area contributed by atoms with E-state index in [9.17, 15) is 9.90 Å². The first-order valence-electron chi connectivity index (χ1n) is 10.6. The van der Waals surface area contributed by atoms with Crippen LogP contribution in [0, 0.1) is 11.8 Å². The van der Waals surface area contributed by atoms with Crippen molar-refractivity contribution in [3.05, 3.63) is 34.9 Å². The molecular formula is C21H32BClN2O4. The third-order valence-corrected chi connectivity index (χ3v) is 7.17. The van der Waals surface area contributed by atoms with Crippen LogP contribution >= 0.6 is 11.6 Å². The molecule has 0 aromatic heterocycles. The number of likely N-dealkylation sites (tertiary alicyclic amines) is 1. The SMILES string of the molecule is N[C@@]1(C(=O)O)C[C@@H](CCB(O)O)CC[C@@H]1CN1CCC(c2ccc(Cl)cc2)CC1. The molecule has 0 spiro atoms. The average Bonchev–Trinajstić information content (AvgIpc) is 2.69. The van der Waals surface area contributed by atoms with E-state index in [-0.39, 0.29) is 18.2 Å². The number of nitrogens with two attached hydrogens (primary N) is 1. The maximum absolute atomic E-state index is 12.0. The fourth-order valence-electron chi connectivity index (χ4n) is 5.08. The second kappa shape index (κ2) is 9.79. The number of aliphatic carboxylic acids is 1. The molecule has 1 saturated heterocycles. The lowest BCUT2D eigenvalue weighted by Crippen LogP contribution is -2.60. The standard InChI is InChI=1S/C21H32BClN2O4/c23-19-5-2-16(3-6-19)17-8-11-25(12-9-17)14-18-4-1-15(7-10-22(28)29)13-21(18,24)20(26)27/h2-3,5-6,15,17-18,28-29H,1,4,7-14,24H2,(H,26,27)/t15-,18-,21+/m1/s1. The van der Waals surface area contributed by atoms with Crippen LogP contribution < -0.4 is 5.73 Å². The lowest BCUT2D eigenvalue weighted by atomic mass is 9.66. The molecule has 0 amide bonds. The lowest BCUT2D eigenvalue weighted by molar-refractivity contribution is -0.148. The molecule has 0 bridgehead atoms. The number of carboxylic acid groups (broad SMARTS) is 1. The first-order chi connectivity index (χ1) is 13.8. The smallest absolute Gasteiger partial charge is 0.451 e. The average molecular weight is 423 g/mol. The molecule has 29 heavy (non-hydrogen) atoms. The van der Waals surface area contributed by atoms with Crippen molar-refractivity contribution >= 4 is 24.7 Å². The first kappa shape index (κ1) is 22.6. The Morgan fingerprint density at radius 2 is 1.83 bits per heavy atom. The molecule has 3 rings (SSSR count). The van der Waals surface area contributed by atoms with Gasteiger partial charge in [-0.1, -0.05) is 30.2 Å². The van der Waals surface area contributed by atoms with Crippen molar-refractivity contribution in [3.63, 3.8) is 0 Å². The molecule has 1 aliphatic carbocycles. The van der Waals surface area contributed by atoms with Gasteiger partial charge in [-0.05, 0) is 81.0 Å². The Bertz CT molecular complexity index is 682. The summed E-state index contributed by atoms with van der Waals surface area (Å²) in [4.78, 5) is 14.4. The molecule has 1 aromatic rings. The fourth-order valence-corrected chi connectivity index (χ4v) is 5.21. The second-order valence-corrected chi connectivity index (χ2v) is 9.31. The number of carboxylic acids is 1. The van der Waals surface area contributed by atoms with Crippen LogP contribution in [0.1, 0.15) is 50.0 Å². The highest BCUT2D eigenvalue weighted by molar-refractivity contribution is 6.40. The Kier molecular flexibility index (Phi) is 7.62. The monoisotopic (exact) mass is 422 g/mol. The van der Waals surface area contributed by atoms with Gasteiger partial charge >= 0.3 is 13.1 Å². The number of hydrogen-bond donors (Lipinski definition) is 4. The van der Waals surface area contributed by atoms with Crippen molar-refractivity contribution in [2.24, 2.45) is 17.6 Å². The summed E-state index contributed by atoms with van der Waals surface area (Å²) in [5.41, 5.74) is 6.51. The van der Waals surface area contributed by atoms with Crippen molar-refractivity contribution in [2.75, 3.05) is 19.6 Å². The number of rotatable bonds is 7. The molecule has 5 N–H and O–H groups in total. The topological polar surface area (TPSA) is 107 Å². The molecule has 1 heterocycles. The van der Waals surface area contributed by atoms with Gasteiger partial charge in [-0.15, -0.1) is 0 Å². The zero-order chi connectivity index (χ0) is 21.0. The van der Waals surface area contributed by atoms with Crippen molar-refractivity contribution < 1.29 is 19.9 Å². The number of piperidine rings is 1. The van der Waals surface area contributed by atoms with Gasteiger partial charge in [0, 0.05) is 17.5 Å². The normalized spacial score (nSPS) is 29.0. The van der Waals surface area contributed by atoms with E-state index in [1.54, 1.807) is 0 Å². The highest BCUT2D eigenvalue weighted by atomic mass is 35.5. The number of halogens is 1. The minimum absolute atomic E-state index is 0.0811. The minimum Gasteiger partial charge on any atom is -0.480 e. The molecular weight excluding hydrogens is 391 g/mol. The molecule has 2 fully saturated rings. The largest absolute Gasteiger partial charge is 0.480 e. The van der Waals surface area contributed by atoms with Crippen molar-refractivity contribution in [2.45, 2.75) is 56.3 Å². The van der Waals surface area contributed by atoms with Crippen LogP contribution in [-0.4, -0.2) is 58.3 Å². The molecule has 0 unspecified atom stereocenters. The Hall–Kier alpha value is -1.12. The predicted molar refractivity (Wildman–Crippen MR) is 115 cm³/mol. The van der Waals surface area contributed by atoms with Crippen LogP contribution in [0.2, 0.25) is 11.3 Å². The van der Waals surface area contributed by atoms with Crippen LogP contribution in [0.3, 0.4) is 0 Å². The second-order valence-electron chi connectivity index (χ2n) is 8.87. The van der Waals surface area contributed by atoms with E-state index in [2.05, 4.69) is 17.0 Å². The summed E-state index contributed by atoms with van der Waals surface area (Å²) in [6, 6.07) is 8.07.